The fourth-order valence-electron chi connectivity index (χ4n) is 3.25. The second kappa shape index (κ2) is 4.39. The van der Waals surface area contributed by atoms with Crippen molar-refractivity contribution >= 4 is 5.97 Å². The first-order valence-electron chi connectivity index (χ1n) is 6.71. The van der Waals surface area contributed by atoms with Gasteiger partial charge in [-0.1, -0.05) is 25.1 Å². The summed E-state index contributed by atoms with van der Waals surface area (Å²) < 4.78 is 0. The van der Waals surface area contributed by atoms with Crippen LogP contribution in [0.25, 0.3) is 0 Å². The van der Waals surface area contributed by atoms with Crippen molar-refractivity contribution in [1.29, 1.82) is 0 Å². The lowest BCUT2D eigenvalue weighted by Crippen LogP contribution is -2.17. The zero-order chi connectivity index (χ0) is 12.7. The van der Waals surface area contributed by atoms with Gasteiger partial charge in [0.15, 0.2) is 0 Å². The second-order valence-electron chi connectivity index (χ2n) is 5.77. The summed E-state index contributed by atoms with van der Waals surface area (Å²) in [7, 11) is 0. The Balaban J connectivity index is 1.78. The van der Waals surface area contributed by atoms with Crippen LogP contribution in [0, 0.1) is 11.8 Å². The number of benzene rings is 1. The number of fused-ring (bicyclic) bond motifs is 1. The molecule has 0 saturated carbocycles. The van der Waals surface area contributed by atoms with Crippen LogP contribution in [0.5, 0.6) is 0 Å². The van der Waals surface area contributed by atoms with Gasteiger partial charge < -0.3 is 10.4 Å². The van der Waals surface area contributed by atoms with E-state index in [-0.39, 0.29) is 12.0 Å². The molecule has 3 heteroatoms. The average molecular weight is 245 g/mol. The summed E-state index contributed by atoms with van der Waals surface area (Å²) in [6, 6.07) is 6.89. The van der Waals surface area contributed by atoms with E-state index in [1.54, 1.807) is 0 Å². The summed E-state index contributed by atoms with van der Waals surface area (Å²) >= 11 is 0. The third-order valence-corrected chi connectivity index (χ3v) is 4.25. The van der Waals surface area contributed by atoms with E-state index in [1.807, 2.05) is 0 Å². The smallest absolute Gasteiger partial charge is 0.307 e. The molecular weight excluding hydrogens is 226 g/mol. The molecule has 2 aliphatic rings. The average Bonchev–Trinajstić information content (AvgIpc) is 2.91. The van der Waals surface area contributed by atoms with Gasteiger partial charge in [0.2, 0.25) is 0 Å². The van der Waals surface area contributed by atoms with E-state index in [1.165, 1.54) is 23.1 Å². The van der Waals surface area contributed by atoms with Gasteiger partial charge in [-0.15, -0.1) is 0 Å². The summed E-state index contributed by atoms with van der Waals surface area (Å²) in [5, 5.41) is 12.4. The highest BCUT2D eigenvalue weighted by Crippen LogP contribution is 2.32. The summed E-state index contributed by atoms with van der Waals surface area (Å²) in [4.78, 5) is 11.0. The highest BCUT2D eigenvalue weighted by atomic mass is 16.4. The van der Waals surface area contributed by atoms with Crippen molar-refractivity contribution in [3.8, 4) is 0 Å². The molecule has 1 saturated heterocycles. The van der Waals surface area contributed by atoms with E-state index in [0.717, 1.165) is 12.3 Å². The first-order valence-corrected chi connectivity index (χ1v) is 6.71. The van der Waals surface area contributed by atoms with Crippen LogP contribution in [-0.2, 0) is 17.6 Å². The number of aliphatic carboxylic acids is 1. The Bertz CT molecular complexity index is 483. The summed E-state index contributed by atoms with van der Waals surface area (Å²) in [6.45, 7) is 2.88. The molecule has 3 unspecified atom stereocenters. The third-order valence-electron chi connectivity index (χ3n) is 4.25. The van der Waals surface area contributed by atoms with E-state index >= 15 is 0 Å². The van der Waals surface area contributed by atoms with E-state index in [2.05, 4.69) is 30.4 Å². The molecule has 1 heterocycles. The standard InChI is InChI=1S/C15H19NO2/c1-9-4-10-2-3-11(6-12(10)5-9)14-7-13(8-16-14)15(17)18/h2-3,6,9,13-14,16H,4-5,7-8H2,1H3,(H,17,18). The van der Waals surface area contributed by atoms with Gasteiger partial charge in [0.1, 0.15) is 0 Å². The van der Waals surface area contributed by atoms with Gasteiger partial charge >= 0.3 is 5.97 Å². The molecule has 96 valence electrons. The molecule has 18 heavy (non-hydrogen) atoms. The van der Waals surface area contributed by atoms with Crippen molar-refractivity contribution < 1.29 is 9.90 Å². The van der Waals surface area contributed by atoms with Crippen molar-refractivity contribution in [2.75, 3.05) is 6.54 Å². The number of carbonyl (C=O) groups is 1. The van der Waals surface area contributed by atoms with Gasteiger partial charge in [0.25, 0.3) is 0 Å². The highest BCUT2D eigenvalue weighted by molar-refractivity contribution is 5.70. The molecule has 3 rings (SSSR count). The topological polar surface area (TPSA) is 49.3 Å². The van der Waals surface area contributed by atoms with Crippen LogP contribution < -0.4 is 5.32 Å². The minimum absolute atomic E-state index is 0.215. The molecule has 2 N–H and O–H groups in total. The predicted molar refractivity (Wildman–Crippen MR) is 69.5 cm³/mol. The normalized spacial score (nSPS) is 30.4. The number of nitrogens with one attached hydrogen (secondary N) is 1. The van der Waals surface area contributed by atoms with Crippen LogP contribution in [0.1, 0.15) is 36.1 Å². The number of hydrogen-bond acceptors (Lipinski definition) is 2. The number of rotatable bonds is 2. The monoisotopic (exact) mass is 245 g/mol. The molecule has 1 aliphatic heterocycles. The van der Waals surface area contributed by atoms with Crippen LogP contribution in [-0.4, -0.2) is 17.6 Å². The molecule has 1 aromatic carbocycles. The summed E-state index contributed by atoms with van der Waals surface area (Å²) in [5.41, 5.74) is 4.19. The fraction of sp³-hybridized carbons (Fsp3) is 0.533. The minimum Gasteiger partial charge on any atom is -0.481 e. The molecule has 0 aromatic heterocycles. The molecule has 3 atom stereocenters. The maximum atomic E-state index is 11.0. The Kier molecular flexibility index (Phi) is 2.86. The van der Waals surface area contributed by atoms with Crippen molar-refractivity contribution in [1.82, 2.24) is 5.32 Å². The van der Waals surface area contributed by atoms with Gasteiger partial charge in [-0.2, -0.15) is 0 Å². The van der Waals surface area contributed by atoms with E-state index < -0.39 is 5.97 Å². The maximum Gasteiger partial charge on any atom is 0.307 e. The van der Waals surface area contributed by atoms with E-state index in [0.29, 0.717) is 13.0 Å². The lowest BCUT2D eigenvalue weighted by atomic mass is 9.97. The van der Waals surface area contributed by atoms with Crippen LogP contribution in [0.15, 0.2) is 18.2 Å². The number of carboxylic acids is 1. The maximum absolute atomic E-state index is 11.0. The Morgan fingerprint density at radius 1 is 1.33 bits per heavy atom. The molecule has 1 aromatic rings. The zero-order valence-electron chi connectivity index (χ0n) is 10.6. The SMILES string of the molecule is CC1Cc2ccc(C3CC(C(=O)O)CN3)cc2C1. The third kappa shape index (κ3) is 2.03. The molecule has 0 bridgehead atoms. The largest absolute Gasteiger partial charge is 0.481 e. The molecule has 1 fully saturated rings. The molecule has 0 radical (unpaired) electrons. The summed E-state index contributed by atoms with van der Waals surface area (Å²) in [6.07, 6.45) is 3.06. The highest BCUT2D eigenvalue weighted by Gasteiger charge is 2.30. The first kappa shape index (κ1) is 11.7. The lowest BCUT2D eigenvalue weighted by Gasteiger charge is -2.12. The Morgan fingerprint density at radius 2 is 2.11 bits per heavy atom. The predicted octanol–water partition coefficient (Wildman–Crippen LogP) is 2.16. The molecular formula is C15H19NO2. The van der Waals surface area contributed by atoms with E-state index in [9.17, 15) is 4.79 Å². The molecule has 1 aliphatic carbocycles. The first-order chi connectivity index (χ1) is 8.63. The van der Waals surface area contributed by atoms with Gasteiger partial charge in [-0.05, 0) is 41.9 Å². The van der Waals surface area contributed by atoms with Crippen LogP contribution in [0.2, 0.25) is 0 Å². The minimum atomic E-state index is -0.681. The van der Waals surface area contributed by atoms with Gasteiger partial charge in [0.05, 0.1) is 5.92 Å². The van der Waals surface area contributed by atoms with Crippen molar-refractivity contribution in [2.24, 2.45) is 11.8 Å². The van der Waals surface area contributed by atoms with Gasteiger partial charge in [-0.3, -0.25) is 4.79 Å². The molecule has 0 spiro atoms. The molecule has 3 nitrogen and oxygen atoms in total. The quantitative estimate of drug-likeness (QED) is 0.839. The Hall–Kier alpha value is -1.35. The van der Waals surface area contributed by atoms with Crippen LogP contribution in [0.3, 0.4) is 0 Å². The lowest BCUT2D eigenvalue weighted by molar-refractivity contribution is -0.141. The van der Waals surface area contributed by atoms with Crippen molar-refractivity contribution in [3.05, 3.63) is 34.9 Å². The van der Waals surface area contributed by atoms with Crippen LogP contribution >= 0.6 is 0 Å². The van der Waals surface area contributed by atoms with Crippen molar-refractivity contribution in [3.63, 3.8) is 0 Å². The molecule has 0 amide bonds. The van der Waals surface area contributed by atoms with E-state index in [4.69, 9.17) is 5.11 Å². The van der Waals surface area contributed by atoms with Gasteiger partial charge in [0, 0.05) is 12.6 Å². The second-order valence-corrected chi connectivity index (χ2v) is 5.77. The summed E-state index contributed by atoms with van der Waals surface area (Å²) in [5.74, 6) is -0.166. The Labute approximate surface area is 107 Å². The number of carboxylic acid groups (broad SMARTS) is 1. The van der Waals surface area contributed by atoms with Gasteiger partial charge in [-0.25, -0.2) is 0 Å². The van der Waals surface area contributed by atoms with Crippen LogP contribution in [0.4, 0.5) is 0 Å². The zero-order valence-corrected chi connectivity index (χ0v) is 10.6. The van der Waals surface area contributed by atoms with Crippen molar-refractivity contribution in [2.45, 2.75) is 32.2 Å². The Morgan fingerprint density at radius 3 is 2.83 bits per heavy atom. The number of hydrogen-bond donors (Lipinski definition) is 2. The fourth-order valence-corrected chi connectivity index (χ4v) is 3.25.